The highest BCUT2D eigenvalue weighted by Gasteiger charge is 2.34. The van der Waals surface area contributed by atoms with Crippen LogP contribution in [-0.2, 0) is 18.4 Å². The van der Waals surface area contributed by atoms with E-state index in [2.05, 4.69) is 6.07 Å². The summed E-state index contributed by atoms with van der Waals surface area (Å²) >= 11 is 0. The van der Waals surface area contributed by atoms with Crippen molar-refractivity contribution in [2.75, 3.05) is 0 Å². The molecule has 92 valence electrons. The summed E-state index contributed by atoms with van der Waals surface area (Å²) < 4.78 is 14.2. The summed E-state index contributed by atoms with van der Waals surface area (Å²) in [7, 11) is 0. The first-order valence-corrected chi connectivity index (χ1v) is 6.80. The Hall–Kier alpha value is -0.890. The first-order chi connectivity index (χ1) is 8.19. The average Bonchev–Trinajstić information content (AvgIpc) is 2.76. The zero-order valence-electron chi connectivity index (χ0n) is 10.3. The number of fused-ring (bicyclic) bond motifs is 1. The number of hydrogen-bond donors (Lipinski definition) is 1. The molecule has 1 nitrogen and oxygen atoms in total. The van der Waals surface area contributed by atoms with Gasteiger partial charge < -0.3 is 5.73 Å². The van der Waals surface area contributed by atoms with E-state index in [4.69, 9.17) is 5.73 Å². The summed E-state index contributed by atoms with van der Waals surface area (Å²) in [5, 5.41) is 0. The summed E-state index contributed by atoms with van der Waals surface area (Å²) in [5.41, 5.74) is 9.30. The van der Waals surface area contributed by atoms with Gasteiger partial charge in [0, 0.05) is 11.1 Å². The molecule has 0 atom stereocenters. The van der Waals surface area contributed by atoms with Crippen LogP contribution in [0.5, 0.6) is 0 Å². The predicted molar refractivity (Wildman–Crippen MR) is 67.4 cm³/mol. The van der Waals surface area contributed by atoms with Gasteiger partial charge in [-0.3, -0.25) is 0 Å². The minimum Gasteiger partial charge on any atom is -0.321 e. The lowest BCUT2D eigenvalue weighted by molar-refractivity contribution is 0.431. The zero-order valence-corrected chi connectivity index (χ0v) is 10.3. The molecule has 2 aliphatic rings. The molecule has 0 saturated heterocycles. The molecule has 2 N–H and O–H groups in total. The van der Waals surface area contributed by atoms with Gasteiger partial charge in [-0.25, -0.2) is 4.39 Å². The molecule has 17 heavy (non-hydrogen) atoms. The minimum absolute atomic E-state index is 0.0740. The Labute approximate surface area is 102 Å². The van der Waals surface area contributed by atoms with Gasteiger partial charge in [0.1, 0.15) is 5.82 Å². The van der Waals surface area contributed by atoms with Gasteiger partial charge in [-0.2, -0.15) is 0 Å². The summed E-state index contributed by atoms with van der Waals surface area (Å²) in [6.45, 7) is 0. The molecule has 0 unspecified atom stereocenters. The highest BCUT2D eigenvalue weighted by Crippen LogP contribution is 2.39. The molecule has 0 heterocycles. The normalized spacial score (nSPS) is 22.5. The van der Waals surface area contributed by atoms with E-state index < -0.39 is 5.54 Å². The number of benzene rings is 1. The van der Waals surface area contributed by atoms with Crippen LogP contribution in [0, 0.1) is 5.82 Å². The van der Waals surface area contributed by atoms with Crippen LogP contribution in [0.3, 0.4) is 0 Å². The average molecular weight is 233 g/mol. The third-order valence-corrected chi connectivity index (χ3v) is 4.46. The maximum Gasteiger partial charge on any atom is 0.128 e. The Bertz CT molecular complexity index is 433. The molecule has 2 heteroatoms. The number of hydrogen-bond acceptors (Lipinski definition) is 1. The first-order valence-electron chi connectivity index (χ1n) is 6.80. The third-order valence-electron chi connectivity index (χ3n) is 4.46. The molecule has 2 aliphatic carbocycles. The van der Waals surface area contributed by atoms with E-state index in [1.165, 1.54) is 24.0 Å². The second-order valence-corrected chi connectivity index (χ2v) is 5.67. The highest BCUT2D eigenvalue weighted by atomic mass is 19.1. The molecule has 0 bridgehead atoms. The maximum absolute atomic E-state index is 14.2. The second kappa shape index (κ2) is 4.09. The van der Waals surface area contributed by atoms with Crippen LogP contribution in [0.1, 0.15) is 55.2 Å². The summed E-state index contributed by atoms with van der Waals surface area (Å²) in [6, 6.07) is 3.81. The summed E-state index contributed by atoms with van der Waals surface area (Å²) in [5.74, 6) is -0.0740. The monoisotopic (exact) mass is 233 g/mol. The molecule has 1 fully saturated rings. The molecule has 1 saturated carbocycles. The lowest BCUT2D eigenvalue weighted by Crippen LogP contribution is -2.34. The molecule has 1 aromatic carbocycles. The lowest BCUT2D eigenvalue weighted by atomic mass is 9.83. The SMILES string of the molecule is NC1(c2cc3c(cc2F)CCCC3)CCCC1. The number of rotatable bonds is 1. The van der Waals surface area contributed by atoms with Gasteiger partial charge in [-0.05, 0) is 55.7 Å². The van der Waals surface area contributed by atoms with Crippen LogP contribution in [0.15, 0.2) is 12.1 Å². The van der Waals surface area contributed by atoms with E-state index in [0.717, 1.165) is 44.1 Å². The quantitative estimate of drug-likeness (QED) is 0.790. The Kier molecular flexibility index (Phi) is 2.70. The maximum atomic E-state index is 14.2. The molecule has 1 aromatic rings. The Morgan fingerprint density at radius 1 is 0.941 bits per heavy atom. The van der Waals surface area contributed by atoms with Crippen molar-refractivity contribution in [1.82, 2.24) is 0 Å². The Balaban J connectivity index is 2.04. The molecule has 0 radical (unpaired) electrons. The van der Waals surface area contributed by atoms with Gasteiger partial charge in [0.15, 0.2) is 0 Å². The predicted octanol–water partition coefficient (Wildman–Crippen LogP) is 3.43. The van der Waals surface area contributed by atoms with Crippen LogP contribution in [-0.4, -0.2) is 0 Å². The lowest BCUT2D eigenvalue weighted by Gasteiger charge is -2.27. The summed E-state index contributed by atoms with van der Waals surface area (Å²) in [6.07, 6.45) is 8.68. The first kappa shape index (κ1) is 11.2. The number of aryl methyl sites for hydroxylation is 2. The third kappa shape index (κ3) is 1.89. The smallest absolute Gasteiger partial charge is 0.128 e. The topological polar surface area (TPSA) is 26.0 Å². The van der Waals surface area contributed by atoms with Crippen molar-refractivity contribution < 1.29 is 4.39 Å². The molecule has 3 rings (SSSR count). The second-order valence-electron chi connectivity index (χ2n) is 5.67. The standard InChI is InChI=1S/C15H20FN/c16-14-10-12-6-2-1-5-11(12)9-13(14)15(17)7-3-4-8-15/h9-10H,1-8,17H2. The van der Waals surface area contributed by atoms with Crippen molar-refractivity contribution >= 4 is 0 Å². The molecule has 0 aromatic heterocycles. The van der Waals surface area contributed by atoms with Gasteiger partial charge in [-0.1, -0.05) is 18.9 Å². The number of halogens is 1. The van der Waals surface area contributed by atoms with Gasteiger partial charge in [0.2, 0.25) is 0 Å². The van der Waals surface area contributed by atoms with Crippen LogP contribution < -0.4 is 5.73 Å². The Morgan fingerprint density at radius 2 is 1.53 bits per heavy atom. The van der Waals surface area contributed by atoms with E-state index in [9.17, 15) is 4.39 Å². The van der Waals surface area contributed by atoms with Crippen molar-refractivity contribution in [1.29, 1.82) is 0 Å². The largest absolute Gasteiger partial charge is 0.321 e. The molecule has 0 amide bonds. The fourth-order valence-corrected chi connectivity index (χ4v) is 3.41. The highest BCUT2D eigenvalue weighted by molar-refractivity contribution is 5.38. The van der Waals surface area contributed by atoms with Crippen LogP contribution in [0.25, 0.3) is 0 Å². The van der Waals surface area contributed by atoms with Crippen LogP contribution in [0.4, 0.5) is 4.39 Å². The summed E-state index contributed by atoms with van der Waals surface area (Å²) in [4.78, 5) is 0. The van der Waals surface area contributed by atoms with Crippen molar-refractivity contribution in [3.05, 3.63) is 34.6 Å². The van der Waals surface area contributed by atoms with E-state index in [0.29, 0.717) is 0 Å². The fraction of sp³-hybridized carbons (Fsp3) is 0.600. The van der Waals surface area contributed by atoms with Crippen LogP contribution >= 0.6 is 0 Å². The fourth-order valence-electron chi connectivity index (χ4n) is 3.41. The van der Waals surface area contributed by atoms with E-state index in [1.54, 1.807) is 6.07 Å². The van der Waals surface area contributed by atoms with Gasteiger partial charge in [0.25, 0.3) is 0 Å². The van der Waals surface area contributed by atoms with Crippen molar-refractivity contribution in [2.24, 2.45) is 5.73 Å². The van der Waals surface area contributed by atoms with Crippen LogP contribution in [0.2, 0.25) is 0 Å². The van der Waals surface area contributed by atoms with E-state index >= 15 is 0 Å². The Morgan fingerprint density at radius 3 is 2.18 bits per heavy atom. The molecular formula is C15H20FN. The van der Waals surface area contributed by atoms with Crippen molar-refractivity contribution in [2.45, 2.75) is 56.9 Å². The van der Waals surface area contributed by atoms with Gasteiger partial charge >= 0.3 is 0 Å². The molecular weight excluding hydrogens is 213 g/mol. The van der Waals surface area contributed by atoms with Crippen molar-refractivity contribution in [3.63, 3.8) is 0 Å². The molecule has 0 spiro atoms. The van der Waals surface area contributed by atoms with Gasteiger partial charge in [0.05, 0.1) is 0 Å². The zero-order chi connectivity index (χ0) is 11.9. The minimum atomic E-state index is -0.392. The van der Waals surface area contributed by atoms with E-state index in [-0.39, 0.29) is 5.82 Å². The van der Waals surface area contributed by atoms with Gasteiger partial charge in [-0.15, -0.1) is 0 Å². The van der Waals surface area contributed by atoms with E-state index in [1.807, 2.05) is 0 Å². The number of nitrogens with two attached hydrogens (primary N) is 1. The van der Waals surface area contributed by atoms with Crippen molar-refractivity contribution in [3.8, 4) is 0 Å². The molecule has 0 aliphatic heterocycles.